The molecule has 0 amide bonds. The van der Waals surface area contributed by atoms with E-state index in [2.05, 4.69) is 14.7 Å². The van der Waals surface area contributed by atoms with Crippen molar-refractivity contribution in [2.24, 2.45) is 7.05 Å². The lowest BCUT2D eigenvalue weighted by Crippen LogP contribution is -2.02. The van der Waals surface area contributed by atoms with Gasteiger partial charge in [-0.05, 0) is 12.1 Å². The summed E-state index contributed by atoms with van der Waals surface area (Å²) < 4.78 is 6.57. The summed E-state index contributed by atoms with van der Waals surface area (Å²) in [6.45, 7) is 0. The first kappa shape index (κ1) is 12.6. The molecular formula is C12H13N3O2S. The molecule has 0 aromatic carbocycles. The smallest absolute Gasteiger partial charge is 0.339 e. The average molecular weight is 263 g/mol. The number of esters is 1. The number of aromatic nitrogens is 3. The van der Waals surface area contributed by atoms with E-state index in [9.17, 15) is 4.79 Å². The molecule has 2 aromatic rings. The summed E-state index contributed by atoms with van der Waals surface area (Å²) in [5.41, 5.74) is 1.36. The highest BCUT2D eigenvalue weighted by Crippen LogP contribution is 2.19. The second-order valence-corrected chi connectivity index (χ2v) is 4.58. The molecule has 0 unspecified atom stereocenters. The van der Waals surface area contributed by atoms with Crippen molar-refractivity contribution in [1.29, 1.82) is 0 Å². The van der Waals surface area contributed by atoms with Gasteiger partial charge in [-0.15, -0.1) is 0 Å². The number of ether oxygens (including phenoxy) is 1. The number of aryl methyl sites for hydroxylation is 1. The lowest BCUT2D eigenvalue weighted by molar-refractivity contribution is 0.0600. The normalized spacial score (nSPS) is 10.3. The Morgan fingerprint density at radius 1 is 1.44 bits per heavy atom. The van der Waals surface area contributed by atoms with Crippen molar-refractivity contribution in [2.75, 3.05) is 7.11 Å². The molecule has 0 aliphatic carbocycles. The minimum atomic E-state index is -0.370. The Kier molecular flexibility index (Phi) is 3.99. The van der Waals surface area contributed by atoms with Crippen LogP contribution in [0.3, 0.4) is 0 Å². The van der Waals surface area contributed by atoms with Gasteiger partial charge in [-0.3, -0.25) is 4.98 Å². The number of hydrogen-bond acceptors (Lipinski definition) is 5. The molecule has 18 heavy (non-hydrogen) atoms. The van der Waals surface area contributed by atoms with Gasteiger partial charge in [0.25, 0.3) is 0 Å². The highest BCUT2D eigenvalue weighted by atomic mass is 32.2. The molecule has 0 N–H and O–H groups in total. The van der Waals surface area contributed by atoms with Gasteiger partial charge in [0.2, 0.25) is 0 Å². The Morgan fingerprint density at radius 3 is 2.83 bits per heavy atom. The van der Waals surface area contributed by atoms with Crippen molar-refractivity contribution in [2.45, 2.75) is 10.9 Å². The summed E-state index contributed by atoms with van der Waals surface area (Å²) in [4.78, 5) is 19.7. The molecule has 0 atom stereocenters. The maximum atomic E-state index is 11.2. The number of nitrogens with zero attached hydrogens (tertiary/aromatic N) is 3. The molecule has 0 radical (unpaired) electrons. The lowest BCUT2D eigenvalue weighted by atomic mass is 10.2. The molecule has 6 heteroatoms. The van der Waals surface area contributed by atoms with E-state index >= 15 is 0 Å². The third kappa shape index (κ3) is 2.89. The predicted molar refractivity (Wildman–Crippen MR) is 68.3 cm³/mol. The predicted octanol–water partition coefficient (Wildman–Crippen LogP) is 1.89. The van der Waals surface area contributed by atoms with Gasteiger partial charge in [0.1, 0.15) is 0 Å². The molecule has 5 nitrogen and oxygen atoms in total. The van der Waals surface area contributed by atoms with Crippen LogP contribution in [0.25, 0.3) is 0 Å². The second-order valence-electron chi connectivity index (χ2n) is 3.64. The van der Waals surface area contributed by atoms with E-state index in [1.54, 1.807) is 24.0 Å². The van der Waals surface area contributed by atoms with Crippen LogP contribution in [0.15, 0.2) is 35.9 Å². The summed E-state index contributed by atoms with van der Waals surface area (Å²) in [6, 6.07) is 3.54. The van der Waals surface area contributed by atoms with Crippen molar-refractivity contribution in [3.63, 3.8) is 0 Å². The van der Waals surface area contributed by atoms with Crippen LogP contribution < -0.4 is 0 Å². The number of carbonyl (C=O) groups is 1. The number of thioether (sulfide) groups is 1. The maximum absolute atomic E-state index is 11.2. The Hall–Kier alpha value is -1.82. The van der Waals surface area contributed by atoms with Crippen LogP contribution in [0.5, 0.6) is 0 Å². The Labute approximate surface area is 109 Å². The van der Waals surface area contributed by atoms with Crippen LogP contribution in [-0.2, 0) is 17.5 Å². The van der Waals surface area contributed by atoms with Gasteiger partial charge < -0.3 is 9.30 Å². The Bertz CT molecular complexity index is 537. The van der Waals surface area contributed by atoms with Crippen molar-refractivity contribution in [1.82, 2.24) is 14.5 Å². The lowest BCUT2D eigenvalue weighted by Gasteiger charge is -2.02. The molecule has 0 spiro atoms. The molecule has 94 valence electrons. The van der Waals surface area contributed by atoms with E-state index < -0.39 is 0 Å². The number of methoxy groups -OCH3 is 1. The fraction of sp³-hybridized carbons (Fsp3) is 0.250. The van der Waals surface area contributed by atoms with Crippen molar-refractivity contribution < 1.29 is 9.53 Å². The third-order valence-electron chi connectivity index (χ3n) is 2.37. The maximum Gasteiger partial charge on any atom is 0.339 e. The van der Waals surface area contributed by atoms with E-state index in [1.165, 1.54) is 13.3 Å². The zero-order valence-corrected chi connectivity index (χ0v) is 11.0. The number of rotatable bonds is 4. The molecule has 0 aliphatic rings. The monoisotopic (exact) mass is 263 g/mol. The van der Waals surface area contributed by atoms with Crippen LogP contribution in [-0.4, -0.2) is 27.6 Å². The largest absolute Gasteiger partial charge is 0.465 e. The van der Waals surface area contributed by atoms with Crippen molar-refractivity contribution in [3.05, 3.63) is 42.0 Å². The van der Waals surface area contributed by atoms with E-state index in [4.69, 9.17) is 0 Å². The van der Waals surface area contributed by atoms with Gasteiger partial charge in [0, 0.05) is 31.4 Å². The SMILES string of the molecule is COC(=O)c1ccc(CSc2nccn2C)nc1. The third-order valence-corrected chi connectivity index (χ3v) is 3.46. The number of pyridine rings is 1. The van der Waals surface area contributed by atoms with Crippen LogP contribution in [0, 0.1) is 0 Å². The molecule has 0 bridgehead atoms. The molecule has 2 heterocycles. The van der Waals surface area contributed by atoms with Crippen molar-refractivity contribution in [3.8, 4) is 0 Å². The fourth-order valence-electron chi connectivity index (χ4n) is 1.38. The summed E-state index contributed by atoms with van der Waals surface area (Å²) in [5.74, 6) is 0.345. The number of carbonyl (C=O) groups excluding carboxylic acids is 1. The van der Waals surface area contributed by atoms with E-state index in [0.29, 0.717) is 11.3 Å². The minimum Gasteiger partial charge on any atom is -0.465 e. The Balaban J connectivity index is 1.98. The molecular weight excluding hydrogens is 250 g/mol. The van der Waals surface area contributed by atoms with Gasteiger partial charge in [0.05, 0.1) is 18.4 Å². The Morgan fingerprint density at radius 2 is 2.28 bits per heavy atom. The number of imidazole rings is 1. The summed E-state index contributed by atoms with van der Waals surface area (Å²) in [7, 11) is 3.30. The van der Waals surface area contributed by atoms with Crippen LogP contribution in [0.4, 0.5) is 0 Å². The highest BCUT2D eigenvalue weighted by molar-refractivity contribution is 7.98. The van der Waals surface area contributed by atoms with Gasteiger partial charge in [-0.25, -0.2) is 9.78 Å². The average Bonchev–Trinajstić information content (AvgIpc) is 2.81. The molecule has 0 saturated carbocycles. The first-order valence-corrected chi connectivity index (χ1v) is 6.32. The molecule has 0 aliphatic heterocycles. The molecule has 2 rings (SSSR count). The fourth-order valence-corrected chi connectivity index (χ4v) is 2.23. The van der Waals surface area contributed by atoms with E-state index in [0.717, 1.165) is 10.9 Å². The van der Waals surface area contributed by atoms with E-state index in [1.807, 2.05) is 23.9 Å². The molecule has 0 fully saturated rings. The van der Waals surface area contributed by atoms with Gasteiger partial charge in [-0.2, -0.15) is 0 Å². The standard InChI is InChI=1S/C12H13N3O2S/c1-15-6-5-13-12(15)18-8-10-4-3-9(7-14-10)11(16)17-2/h3-7H,8H2,1-2H3. The zero-order chi connectivity index (χ0) is 13.0. The minimum absolute atomic E-state index is 0.370. The van der Waals surface area contributed by atoms with Crippen LogP contribution in [0.1, 0.15) is 16.1 Å². The summed E-state index contributed by atoms with van der Waals surface area (Å²) in [6.07, 6.45) is 5.19. The zero-order valence-electron chi connectivity index (χ0n) is 10.2. The first-order valence-electron chi connectivity index (χ1n) is 5.34. The molecule has 0 saturated heterocycles. The van der Waals surface area contributed by atoms with Crippen molar-refractivity contribution >= 4 is 17.7 Å². The second kappa shape index (κ2) is 5.68. The van der Waals surface area contributed by atoms with Crippen LogP contribution in [0.2, 0.25) is 0 Å². The van der Waals surface area contributed by atoms with Gasteiger partial charge in [0.15, 0.2) is 5.16 Å². The summed E-state index contributed by atoms with van der Waals surface area (Å²) >= 11 is 1.60. The summed E-state index contributed by atoms with van der Waals surface area (Å²) in [5, 5.41) is 0.939. The molecule has 2 aromatic heterocycles. The quantitative estimate of drug-likeness (QED) is 0.623. The number of hydrogen-bond donors (Lipinski definition) is 0. The van der Waals surface area contributed by atoms with Gasteiger partial charge in [-0.1, -0.05) is 11.8 Å². The topological polar surface area (TPSA) is 57.0 Å². The van der Waals surface area contributed by atoms with Gasteiger partial charge >= 0.3 is 5.97 Å². The van der Waals surface area contributed by atoms with E-state index in [-0.39, 0.29) is 5.97 Å². The highest BCUT2D eigenvalue weighted by Gasteiger charge is 2.06. The first-order chi connectivity index (χ1) is 8.70. The van der Waals surface area contributed by atoms with Crippen LogP contribution >= 0.6 is 11.8 Å².